The zero-order valence-corrected chi connectivity index (χ0v) is 22.0. The maximum Gasteiger partial charge on any atom is 0.263 e. The fourth-order valence-corrected chi connectivity index (χ4v) is 6.65. The van der Waals surface area contributed by atoms with E-state index in [0.29, 0.717) is 22.4 Å². The molecule has 194 valence electrons. The molecule has 9 nitrogen and oxygen atoms in total. The predicted octanol–water partition coefficient (Wildman–Crippen LogP) is 4.03. The molecule has 2 saturated heterocycles. The fraction of sp³-hybridized carbons (Fsp3) is 0.333. The van der Waals surface area contributed by atoms with Gasteiger partial charge in [0.05, 0.1) is 23.7 Å². The summed E-state index contributed by atoms with van der Waals surface area (Å²) in [6, 6.07) is 11.8. The zero-order valence-electron chi connectivity index (χ0n) is 19.6. The molecule has 1 amide bonds. The van der Waals surface area contributed by atoms with E-state index in [0.717, 1.165) is 44.0 Å². The van der Waals surface area contributed by atoms with Gasteiger partial charge in [0.2, 0.25) is 5.91 Å². The van der Waals surface area contributed by atoms with Crippen molar-refractivity contribution < 1.29 is 20.8 Å². The van der Waals surface area contributed by atoms with Crippen molar-refractivity contribution in [3.63, 3.8) is 0 Å². The Morgan fingerprint density at radius 2 is 1.86 bits per heavy atom. The summed E-state index contributed by atoms with van der Waals surface area (Å²) in [5.74, 6) is 0.823. The molecule has 1 N–H and O–H groups in total. The van der Waals surface area contributed by atoms with E-state index in [2.05, 4.69) is 19.5 Å². The van der Waals surface area contributed by atoms with Gasteiger partial charge in [0.1, 0.15) is 5.75 Å². The average molecular weight is 552 g/mol. The number of nitrogens with zero attached hydrogens (tertiary/aromatic N) is 4. The van der Waals surface area contributed by atoms with E-state index in [1.807, 2.05) is 18.2 Å². The lowest BCUT2D eigenvalue weighted by molar-refractivity contribution is -0.121. The van der Waals surface area contributed by atoms with Gasteiger partial charge in [-0.2, -0.15) is 0 Å². The molecule has 1 aromatic heterocycles. The van der Waals surface area contributed by atoms with Gasteiger partial charge in [-0.25, -0.2) is 13.4 Å². The summed E-state index contributed by atoms with van der Waals surface area (Å²) < 4.78 is 33.1. The minimum atomic E-state index is -3.74. The first-order chi connectivity index (χ1) is 17.4. The first-order valence-corrected chi connectivity index (χ1v) is 14.3. The molecular weight excluding hydrogens is 522 g/mol. The number of rotatable bonds is 7. The summed E-state index contributed by atoms with van der Waals surface area (Å²) in [7, 11) is -2.09. The predicted molar refractivity (Wildman–Crippen MR) is 146 cm³/mol. The van der Waals surface area contributed by atoms with Gasteiger partial charge in [0, 0.05) is 57.9 Å². The van der Waals surface area contributed by atoms with E-state index in [-0.39, 0.29) is 19.7 Å². The summed E-state index contributed by atoms with van der Waals surface area (Å²) in [5.41, 5.74) is 1.65. The lowest BCUT2D eigenvalue weighted by Crippen LogP contribution is -2.52. The summed E-state index contributed by atoms with van der Waals surface area (Å²) >= 11 is 7.41. The van der Waals surface area contributed by atoms with Crippen LogP contribution in [0.4, 0.5) is 16.5 Å². The van der Waals surface area contributed by atoms with Crippen molar-refractivity contribution in [2.24, 2.45) is 0 Å². The number of ether oxygens (including phenoxy) is 1. The number of carbonyl (C=O) groups is 1. The van der Waals surface area contributed by atoms with Crippen LogP contribution in [0.2, 0.25) is 5.02 Å². The van der Waals surface area contributed by atoms with E-state index in [9.17, 15) is 13.2 Å². The maximum absolute atomic E-state index is 13.3. The Morgan fingerprint density at radius 3 is 2.53 bits per heavy atom. The van der Waals surface area contributed by atoms with Crippen molar-refractivity contribution in [2.75, 3.05) is 54.4 Å². The van der Waals surface area contributed by atoms with Gasteiger partial charge in [0.25, 0.3) is 10.0 Å². The van der Waals surface area contributed by atoms with Gasteiger partial charge >= 0.3 is 0 Å². The standard InChI is InChI=1S/C24H26ClN5O4S2.2H2/c1-34-22-7-2-17(25)16-21(22)29-13-11-28(12-14-29)20-8-10-30(23(20)31)18-3-5-19(6-4-18)36(32,33)27-24-26-9-15-35-24;;/h2-7,9,15-16,20H,8,10-14H2,1H3,(H,26,27);2*1H/t20-;;/m0../s1. The van der Waals surface area contributed by atoms with Crippen LogP contribution in [0.15, 0.2) is 58.9 Å². The van der Waals surface area contributed by atoms with Gasteiger partial charge < -0.3 is 14.5 Å². The number of halogens is 1. The average Bonchev–Trinajstić information content (AvgIpc) is 3.53. The summed E-state index contributed by atoms with van der Waals surface area (Å²) in [6.07, 6.45) is 2.26. The van der Waals surface area contributed by atoms with Crippen LogP contribution in [0, 0.1) is 0 Å². The van der Waals surface area contributed by atoms with Crippen LogP contribution >= 0.6 is 22.9 Å². The van der Waals surface area contributed by atoms with Crippen molar-refractivity contribution in [2.45, 2.75) is 17.4 Å². The monoisotopic (exact) mass is 551 g/mol. The van der Waals surface area contributed by atoms with Crippen LogP contribution in [0.1, 0.15) is 9.27 Å². The Morgan fingerprint density at radius 1 is 1.11 bits per heavy atom. The van der Waals surface area contributed by atoms with Gasteiger partial charge in [-0.3, -0.25) is 14.4 Å². The molecule has 0 saturated carbocycles. The minimum Gasteiger partial charge on any atom is -0.495 e. The van der Waals surface area contributed by atoms with Crippen LogP contribution in [-0.4, -0.2) is 70.1 Å². The van der Waals surface area contributed by atoms with Crippen LogP contribution < -0.4 is 19.3 Å². The number of benzene rings is 2. The first-order valence-electron chi connectivity index (χ1n) is 11.5. The number of carbonyl (C=O) groups excluding carboxylic acids is 1. The van der Waals surface area contributed by atoms with Crippen molar-refractivity contribution in [3.8, 4) is 5.75 Å². The van der Waals surface area contributed by atoms with E-state index in [1.165, 1.54) is 29.7 Å². The second-order valence-corrected chi connectivity index (χ2v) is 11.6. The number of hydrogen-bond donors (Lipinski definition) is 1. The highest BCUT2D eigenvalue weighted by atomic mass is 35.5. The highest BCUT2D eigenvalue weighted by Crippen LogP contribution is 2.33. The van der Waals surface area contributed by atoms with Gasteiger partial charge in [-0.15, -0.1) is 11.3 Å². The Labute approximate surface area is 222 Å². The topological polar surface area (TPSA) is 95.1 Å². The molecule has 0 radical (unpaired) electrons. The number of piperazine rings is 1. The number of nitrogens with one attached hydrogen (secondary N) is 1. The van der Waals surface area contributed by atoms with Gasteiger partial charge in [-0.1, -0.05) is 11.6 Å². The normalized spacial score (nSPS) is 19.1. The van der Waals surface area contributed by atoms with Crippen molar-refractivity contribution in [3.05, 3.63) is 59.1 Å². The molecule has 3 aromatic rings. The number of aromatic nitrogens is 1. The third-order valence-electron chi connectivity index (χ3n) is 6.53. The zero-order chi connectivity index (χ0) is 25.3. The molecular formula is C24H30ClN5O4S2. The third kappa shape index (κ3) is 5.01. The van der Waals surface area contributed by atoms with E-state index in [4.69, 9.17) is 16.3 Å². The van der Waals surface area contributed by atoms with E-state index in [1.54, 1.807) is 29.5 Å². The molecule has 2 aliphatic rings. The van der Waals surface area contributed by atoms with Crippen LogP contribution in [0.3, 0.4) is 0 Å². The largest absolute Gasteiger partial charge is 0.495 e. The van der Waals surface area contributed by atoms with E-state index >= 15 is 0 Å². The molecule has 12 heteroatoms. The molecule has 0 unspecified atom stereocenters. The van der Waals surface area contributed by atoms with Crippen molar-refractivity contribution in [1.82, 2.24) is 9.88 Å². The second-order valence-electron chi connectivity index (χ2n) is 8.57. The molecule has 2 aliphatic heterocycles. The van der Waals surface area contributed by atoms with Gasteiger partial charge in [0.15, 0.2) is 5.13 Å². The quantitative estimate of drug-likeness (QED) is 0.474. The summed E-state index contributed by atoms with van der Waals surface area (Å²) in [5, 5.41) is 2.67. The lowest BCUT2D eigenvalue weighted by Gasteiger charge is -2.38. The molecule has 0 spiro atoms. The third-order valence-corrected chi connectivity index (χ3v) is 8.93. The number of anilines is 3. The highest BCUT2D eigenvalue weighted by molar-refractivity contribution is 7.93. The minimum absolute atomic E-state index is 0. The number of hydrogen-bond acceptors (Lipinski definition) is 8. The van der Waals surface area contributed by atoms with Crippen LogP contribution in [-0.2, 0) is 14.8 Å². The molecule has 2 aromatic carbocycles. The fourth-order valence-electron chi connectivity index (χ4n) is 4.70. The molecule has 2 fully saturated rings. The lowest BCUT2D eigenvalue weighted by atomic mass is 10.1. The Kier molecular flexibility index (Phi) is 7.07. The first kappa shape index (κ1) is 24.8. The van der Waals surface area contributed by atoms with E-state index < -0.39 is 10.0 Å². The highest BCUT2D eigenvalue weighted by Gasteiger charge is 2.38. The second kappa shape index (κ2) is 10.3. The molecule has 1 atom stereocenters. The van der Waals surface area contributed by atoms with Crippen molar-refractivity contribution >= 4 is 55.4 Å². The van der Waals surface area contributed by atoms with Crippen LogP contribution in [0.25, 0.3) is 0 Å². The van der Waals surface area contributed by atoms with Crippen LogP contribution in [0.5, 0.6) is 5.75 Å². The number of thiazole rings is 1. The van der Waals surface area contributed by atoms with Gasteiger partial charge in [-0.05, 0) is 48.9 Å². The Hall–Kier alpha value is -2.86. The Balaban J connectivity index is 0.00000200. The summed E-state index contributed by atoms with van der Waals surface area (Å²) in [6.45, 7) is 3.62. The Bertz CT molecular complexity index is 1340. The molecule has 0 bridgehead atoms. The van der Waals surface area contributed by atoms with Crippen molar-refractivity contribution in [1.29, 1.82) is 0 Å². The molecule has 0 aliphatic carbocycles. The molecule has 36 heavy (non-hydrogen) atoms. The smallest absolute Gasteiger partial charge is 0.263 e. The molecule has 5 rings (SSSR count). The summed E-state index contributed by atoms with van der Waals surface area (Å²) in [4.78, 5) is 23.6. The SMILES string of the molecule is COc1ccc(Cl)cc1N1CCN([C@H]2CCN(c3ccc(S(=O)(=O)Nc4nccs4)cc3)C2=O)CC1.[HH].[HH]. The number of methoxy groups -OCH3 is 1. The molecule has 3 heterocycles. The number of amides is 1. The number of sulfonamides is 1. The maximum atomic E-state index is 13.3.